The second kappa shape index (κ2) is 4.32. The molecule has 0 heterocycles. The maximum absolute atomic E-state index is 8.76. The number of rotatable bonds is 3. The Bertz CT molecular complexity index is 99.2. The molecule has 1 atom stereocenters. The summed E-state index contributed by atoms with van der Waals surface area (Å²) in [6, 6.07) is 0. The lowest BCUT2D eigenvalue weighted by molar-refractivity contribution is 0.186. The van der Waals surface area contributed by atoms with Crippen molar-refractivity contribution >= 4 is 5.71 Å². The first kappa shape index (κ1) is 8.43. The van der Waals surface area contributed by atoms with Gasteiger partial charge in [-0.25, -0.2) is 0 Å². The Kier molecular flexibility index (Phi) is 4.05. The average molecular weight is 131 g/mol. The number of hydrogen-bond donors (Lipinski definition) is 2. The maximum Gasteiger partial charge on any atom is 0.0541 e. The lowest BCUT2D eigenvalue weighted by Gasteiger charge is -2.00. The van der Waals surface area contributed by atoms with Crippen molar-refractivity contribution < 1.29 is 10.3 Å². The minimum absolute atomic E-state index is 0.304. The van der Waals surface area contributed by atoms with E-state index in [2.05, 4.69) is 5.16 Å². The van der Waals surface area contributed by atoms with Crippen LogP contribution in [0.1, 0.15) is 26.7 Å². The first-order chi connectivity index (χ1) is 4.16. The van der Waals surface area contributed by atoms with E-state index in [0.29, 0.717) is 18.6 Å². The molecule has 0 rings (SSSR count). The van der Waals surface area contributed by atoms with Gasteiger partial charge >= 0.3 is 0 Å². The Morgan fingerprint density at radius 2 is 2.22 bits per heavy atom. The van der Waals surface area contributed by atoms with Crippen LogP contribution >= 0.6 is 0 Å². The van der Waals surface area contributed by atoms with Crippen molar-refractivity contribution in [2.75, 3.05) is 0 Å². The molecule has 0 aliphatic rings. The summed E-state index contributed by atoms with van der Waals surface area (Å²) in [5.41, 5.74) is 0.663. The molecule has 0 fully saturated rings. The van der Waals surface area contributed by atoms with Gasteiger partial charge in [0, 0.05) is 0 Å². The Hall–Kier alpha value is -0.570. The Morgan fingerprint density at radius 1 is 1.67 bits per heavy atom. The highest BCUT2D eigenvalue weighted by Crippen LogP contribution is 1.96. The summed E-state index contributed by atoms with van der Waals surface area (Å²) in [5.74, 6) is 0. The monoisotopic (exact) mass is 131 g/mol. The van der Waals surface area contributed by atoms with E-state index in [1.807, 2.05) is 0 Å². The fourth-order valence-corrected chi connectivity index (χ4v) is 0.468. The Balaban J connectivity index is 3.28. The maximum atomic E-state index is 8.76. The third-order valence-corrected chi connectivity index (χ3v) is 1.09. The van der Waals surface area contributed by atoms with Gasteiger partial charge in [-0.2, -0.15) is 0 Å². The highest BCUT2D eigenvalue weighted by Gasteiger charge is 1.96. The van der Waals surface area contributed by atoms with Gasteiger partial charge in [-0.1, -0.05) is 5.16 Å². The second-order valence-electron chi connectivity index (χ2n) is 2.22. The topological polar surface area (TPSA) is 52.8 Å². The molecule has 0 aliphatic carbocycles. The molecule has 9 heavy (non-hydrogen) atoms. The molecule has 0 amide bonds. The summed E-state index contributed by atoms with van der Waals surface area (Å²) in [6.07, 6.45) is 1.02. The fraction of sp³-hybridized carbons (Fsp3) is 0.833. The van der Waals surface area contributed by atoms with Gasteiger partial charge in [0.25, 0.3) is 0 Å². The predicted octanol–water partition coefficient (Wildman–Crippen LogP) is 0.998. The zero-order valence-corrected chi connectivity index (χ0v) is 5.83. The van der Waals surface area contributed by atoms with Crippen LogP contribution < -0.4 is 0 Å². The summed E-state index contributed by atoms with van der Waals surface area (Å²) in [4.78, 5) is 0. The quantitative estimate of drug-likeness (QED) is 0.341. The van der Waals surface area contributed by atoms with Gasteiger partial charge in [0.05, 0.1) is 11.8 Å². The number of hydrogen-bond acceptors (Lipinski definition) is 3. The van der Waals surface area contributed by atoms with Gasteiger partial charge < -0.3 is 10.3 Å². The summed E-state index contributed by atoms with van der Waals surface area (Å²) in [5, 5.41) is 19.9. The van der Waals surface area contributed by atoms with Crippen molar-refractivity contribution in [2.45, 2.75) is 32.8 Å². The minimum Gasteiger partial charge on any atom is -0.411 e. The smallest absolute Gasteiger partial charge is 0.0541 e. The lowest BCUT2D eigenvalue weighted by Crippen LogP contribution is -2.02. The lowest BCUT2D eigenvalue weighted by atomic mass is 10.2. The molecule has 0 aromatic rings. The van der Waals surface area contributed by atoms with Crippen LogP contribution in [0.2, 0.25) is 0 Å². The van der Waals surface area contributed by atoms with Crippen LogP contribution in [0, 0.1) is 0 Å². The number of nitrogens with zero attached hydrogens (tertiary/aromatic N) is 1. The first-order valence-corrected chi connectivity index (χ1v) is 3.02. The summed E-state index contributed by atoms with van der Waals surface area (Å²) in [7, 11) is 0. The van der Waals surface area contributed by atoms with Crippen molar-refractivity contribution in [3.05, 3.63) is 0 Å². The van der Waals surface area contributed by atoms with Gasteiger partial charge in [-0.3, -0.25) is 0 Å². The van der Waals surface area contributed by atoms with Gasteiger partial charge in [-0.05, 0) is 26.7 Å². The predicted molar refractivity (Wildman–Crippen MR) is 35.8 cm³/mol. The molecule has 54 valence electrons. The largest absolute Gasteiger partial charge is 0.411 e. The van der Waals surface area contributed by atoms with Crippen LogP contribution in [0.3, 0.4) is 0 Å². The third kappa shape index (κ3) is 5.30. The number of aliphatic hydroxyl groups excluding tert-OH is 1. The molecule has 0 radical (unpaired) electrons. The molecule has 0 aromatic carbocycles. The Morgan fingerprint density at radius 3 is 2.56 bits per heavy atom. The summed E-state index contributed by atoms with van der Waals surface area (Å²) in [6.45, 7) is 3.44. The van der Waals surface area contributed by atoms with E-state index in [4.69, 9.17) is 10.3 Å². The molecule has 0 saturated heterocycles. The Labute approximate surface area is 55.0 Å². The van der Waals surface area contributed by atoms with E-state index >= 15 is 0 Å². The van der Waals surface area contributed by atoms with E-state index < -0.39 is 0 Å². The van der Waals surface area contributed by atoms with Gasteiger partial charge in [0.2, 0.25) is 0 Å². The molecule has 0 saturated carbocycles. The molecule has 0 aromatic heterocycles. The van der Waals surface area contributed by atoms with Crippen molar-refractivity contribution in [3.63, 3.8) is 0 Å². The van der Waals surface area contributed by atoms with Crippen LogP contribution in [0.25, 0.3) is 0 Å². The van der Waals surface area contributed by atoms with Gasteiger partial charge in [0.1, 0.15) is 0 Å². The number of oxime groups is 1. The molecule has 3 nitrogen and oxygen atoms in total. The third-order valence-electron chi connectivity index (χ3n) is 1.09. The van der Waals surface area contributed by atoms with Crippen LogP contribution in [-0.2, 0) is 0 Å². The van der Waals surface area contributed by atoms with E-state index in [1.54, 1.807) is 13.8 Å². The van der Waals surface area contributed by atoms with Crippen LogP contribution in [0.15, 0.2) is 5.16 Å². The highest BCUT2D eigenvalue weighted by molar-refractivity contribution is 5.81. The molecule has 0 aliphatic heterocycles. The normalized spacial score (nSPS) is 15.7. The fourth-order valence-electron chi connectivity index (χ4n) is 0.468. The van der Waals surface area contributed by atoms with Crippen molar-refractivity contribution in [1.29, 1.82) is 0 Å². The molecule has 0 bridgehead atoms. The van der Waals surface area contributed by atoms with Gasteiger partial charge in [-0.15, -0.1) is 0 Å². The molecule has 2 N–H and O–H groups in total. The van der Waals surface area contributed by atoms with Gasteiger partial charge in [0.15, 0.2) is 0 Å². The minimum atomic E-state index is -0.304. The summed E-state index contributed by atoms with van der Waals surface area (Å²) >= 11 is 0. The van der Waals surface area contributed by atoms with Crippen LogP contribution in [-0.4, -0.2) is 22.1 Å². The molecule has 1 unspecified atom stereocenters. The van der Waals surface area contributed by atoms with Crippen LogP contribution in [0.5, 0.6) is 0 Å². The number of aliphatic hydroxyl groups is 1. The van der Waals surface area contributed by atoms with E-state index in [0.717, 1.165) is 0 Å². The molecular weight excluding hydrogens is 118 g/mol. The van der Waals surface area contributed by atoms with Crippen LogP contribution in [0.4, 0.5) is 0 Å². The average Bonchev–Trinajstić information content (AvgIpc) is 1.83. The summed E-state index contributed by atoms with van der Waals surface area (Å²) < 4.78 is 0. The van der Waals surface area contributed by atoms with E-state index in [1.165, 1.54) is 0 Å². The molecule has 0 spiro atoms. The van der Waals surface area contributed by atoms with Crippen molar-refractivity contribution in [1.82, 2.24) is 0 Å². The van der Waals surface area contributed by atoms with Crippen molar-refractivity contribution in [3.8, 4) is 0 Å². The zero-order valence-electron chi connectivity index (χ0n) is 5.83. The molecular formula is C6H13NO2. The second-order valence-corrected chi connectivity index (χ2v) is 2.22. The highest BCUT2D eigenvalue weighted by atomic mass is 16.4. The van der Waals surface area contributed by atoms with E-state index in [-0.39, 0.29) is 6.10 Å². The standard InChI is InChI=1S/C6H13NO2/c1-5(7-9)3-4-6(2)8/h6,8-9H,3-4H2,1-2H3. The molecule has 3 heteroatoms. The van der Waals surface area contributed by atoms with Crippen molar-refractivity contribution in [2.24, 2.45) is 5.16 Å². The zero-order chi connectivity index (χ0) is 7.28. The van der Waals surface area contributed by atoms with E-state index in [9.17, 15) is 0 Å². The first-order valence-electron chi connectivity index (χ1n) is 3.02. The SMILES string of the molecule is CC(CCC(C)O)=NO.